The number of carbonyl (C=O) groups is 1. The fourth-order valence-corrected chi connectivity index (χ4v) is 1.89. The molecule has 0 bridgehead atoms. The van der Waals surface area contributed by atoms with Crippen molar-refractivity contribution in [3.63, 3.8) is 0 Å². The van der Waals surface area contributed by atoms with Crippen molar-refractivity contribution in [3.8, 4) is 6.07 Å². The van der Waals surface area contributed by atoms with Gasteiger partial charge in [0, 0.05) is 16.5 Å². The van der Waals surface area contributed by atoms with E-state index in [0.717, 1.165) is 9.13 Å². The van der Waals surface area contributed by atoms with Crippen molar-refractivity contribution in [3.05, 3.63) is 32.9 Å². The highest BCUT2D eigenvalue weighted by Crippen LogP contribution is 2.16. The maximum absolute atomic E-state index is 11.8. The number of halogens is 1. The van der Waals surface area contributed by atoms with Gasteiger partial charge in [0.25, 0.3) is 5.91 Å². The first-order valence-corrected chi connectivity index (χ1v) is 6.15. The molecule has 1 rings (SSSR count). The summed E-state index contributed by atoms with van der Waals surface area (Å²) in [7, 11) is 0. The fourth-order valence-electron chi connectivity index (χ4n) is 1.29. The summed E-state index contributed by atoms with van der Waals surface area (Å²) in [5.74, 6) is -0.0639. The number of nitrogens with zero attached hydrogens (tertiary/aromatic N) is 1. The van der Waals surface area contributed by atoms with E-state index in [-0.39, 0.29) is 5.91 Å². The van der Waals surface area contributed by atoms with Crippen LogP contribution in [0, 0.1) is 21.8 Å². The molecular weight excluding hydrogens is 315 g/mol. The molecule has 0 aliphatic carbocycles. The number of nitrogens with one attached hydrogen (secondary N) is 1. The topological polar surface area (TPSA) is 52.9 Å². The van der Waals surface area contributed by atoms with Gasteiger partial charge >= 0.3 is 0 Å². The molecule has 84 valence electrons. The first-order valence-electron chi connectivity index (χ1n) is 5.07. The number of unbranched alkanes of at least 4 members (excludes halogenated alkanes) is 1. The summed E-state index contributed by atoms with van der Waals surface area (Å²) in [6.45, 7) is 2.53. The number of nitriles is 1. The molecule has 0 saturated carbocycles. The number of amides is 1. The Labute approximate surface area is 109 Å². The molecule has 0 aliphatic heterocycles. The van der Waals surface area contributed by atoms with Crippen LogP contribution in [0.15, 0.2) is 18.2 Å². The Kier molecular flexibility index (Phi) is 5.26. The zero-order chi connectivity index (χ0) is 12.0. The van der Waals surface area contributed by atoms with Crippen molar-refractivity contribution in [2.24, 2.45) is 0 Å². The summed E-state index contributed by atoms with van der Waals surface area (Å²) in [5.41, 5.74) is 1.81. The average Bonchev–Trinajstić information content (AvgIpc) is 2.28. The van der Waals surface area contributed by atoms with Crippen LogP contribution in [0.2, 0.25) is 0 Å². The summed E-state index contributed by atoms with van der Waals surface area (Å²) < 4.78 is 0.984. The highest BCUT2D eigenvalue weighted by Gasteiger charge is 2.09. The second kappa shape index (κ2) is 6.48. The van der Waals surface area contributed by atoms with E-state index in [9.17, 15) is 4.79 Å². The van der Waals surface area contributed by atoms with Crippen LogP contribution >= 0.6 is 22.6 Å². The minimum atomic E-state index is -0.0639. The number of carbonyl (C=O) groups excluding carboxylic acids is 1. The molecule has 0 aromatic heterocycles. The molecule has 0 heterocycles. The molecule has 1 aromatic rings. The van der Waals surface area contributed by atoms with Crippen LogP contribution in [0.5, 0.6) is 0 Å². The quantitative estimate of drug-likeness (QED) is 0.682. The van der Waals surface area contributed by atoms with Gasteiger partial charge in [0.05, 0.1) is 11.6 Å². The third-order valence-corrected chi connectivity index (χ3v) is 3.62. The molecule has 0 unspecified atom stereocenters. The zero-order valence-corrected chi connectivity index (χ0v) is 11.2. The van der Waals surface area contributed by atoms with Gasteiger partial charge in [-0.2, -0.15) is 5.26 Å². The molecule has 0 atom stereocenters. The molecule has 0 fully saturated rings. The average molecular weight is 328 g/mol. The molecule has 1 aromatic carbocycles. The summed E-state index contributed by atoms with van der Waals surface area (Å²) >= 11 is 2.18. The van der Waals surface area contributed by atoms with Crippen molar-refractivity contribution < 1.29 is 4.79 Å². The van der Waals surface area contributed by atoms with E-state index in [4.69, 9.17) is 5.26 Å². The van der Waals surface area contributed by atoms with Gasteiger partial charge in [0.15, 0.2) is 0 Å². The first kappa shape index (κ1) is 13.0. The third kappa shape index (κ3) is 3.49. The number of rotatable bonds is 4. The summed E-state index contributed by atoms with van der Waals surface area (Å²) in [4.78, 5) is 11.8. The van der Waals surface area contributed by atoms with Crippen molar-refractivity contribution >= 4 is 28.5 Å². The van der Waals surface area contributed by atoms with Crippen LogP contribution in [0.3, 0.4) is 0 Å². The molecule has 1 N–H and O–H groups in total. The maximum atomic E-state index is 11.8. The lowest BCUT2D eigenvalue weighted by Gasteiger charge is -2.07. The smallest absolute Gasteiger partial charge is 0.252 e. The Morgan fingerprint density at radius 2 is 2.31 bits per heavy atom. The van der Waals surface area contributed by atoms with Crippen LogP contribution in [-0.2, 0) is 0 Å². The maximum Gasteiger partial charge on any atom is 0.252 e. The van der Waals surface area contributed by atoms with Crippen molar-refractivity contribution in [2.75, 3.05) is 6.54 Å². The highest BCUT2D eigenvalue weighted by molar-refractivity contribution is 14.1. The third-order valence-electron chi connectivity index (χ3n) is 2.19. The lowest BCUT2D eigenvalue weighted by atomic mass is 10.1. The van der Waals surface area contributed by atoms with E-state index in [2.05, 4.69) is 27.9 Å². The second-order valence-corrected chi connectivity index (χ2v) is 4.53. The standard InChI is InChI=1S/C12H13IN2O/c1-9-5-4-6-10(11(9)13)12(16)15-8-3-2-7-14/h4-6H,2-3,8H2,1H3,(H,15,16). The van der Waals surface area contributed by atoms with Gasteiger partial charge in [-0.1, -0.05) is 12.1 Å². The Bertz CT molecular complexity index is 424. The van der Waals surface area contributed by atoms with E-state index >= 15 is 0 Å². The molecule has 16 heavy (non-hydrogen) atoms. The van der Waals surface area contributed by atoms with E-state index in [1.165, 1.54) is 0 Å². The van der Waals surface area contributed by atoms with Gasteiger partial charge in [-0.15, -0.1) is 0 Å². The number of hydrogen-bond acceptors (Lipinski definition) is 2. The summed E-state index contributed by atoms with van der Waals surface area (Å²) in [6.07, 6.45) is 1.18. The minimum Gasteiger partial charge on any atom is -0.352 e. The second-order valence-electron chi connectivity index (χ2n) is 3.45. The van der Waals surface area contributed by atoms with Gasteiger partial charge in [-0.3, -0.25) is 4.79 Å². The molecule has 3 nitrogen and oxygen atoms in total. The van der Waals surface area contributed by atoms with Crippen molar-refractivity contribution in [1.82, 2.24) is 5.32 Å². The largest absolute Gasteiger partial charge is 0.352 e. The monoisotopic (exact) mass is 328 g/mol. The van der Waals surface area contributed by atoms with Crippen LogP contribution in [0.4, 0.5) is 0 Å². The van der Waals surface area contributed by atoms with Crippen LogP contribution in [-0.4, -0.2) is 12.5 Å². The molecular formula is C12H13IN2O. The summed E-state index contributed by atoms with van der Waals surface area (Å²) in [6, 6.07) is 7.72. The number of hydrogen-bond donors (Lipinski definition) is 1. The summed E-state index contributed by atoms with van der Waals surface area (Å²) in [5, 5.41) is 11.2. The Hall–Kier alpha value is -1.09. The fraction of sp³-hybridized carbons (Fsp3) is 0.333. The lowest BCUT2D eigenvalue weighted by Crippen LogP contribution is -2.25. The Balaban J connectivity index is 2.60. The van der Waals surface area contributed by atoms with Crippen LogP contribution in [0.25, 0.3) is 0 Å². The predicted molar refractivity (Wildman–Crippen MR) is 71.1 cm³/mol. The molecule has 0 radical (unpaired) electrons. The van der Waals surface area contributed by atoms with Crippen molar-refractivity contribution in [1.29, 1.82) is 5.26 Å². The van der Waals surface area contributed by atoms with Gasteiger partial charge in [-0.05, 0) is 47.6 Å². The predicted octanol–water partition coefficient (Wildman–Crippen LogP) is 2.63. The van der Waals surface area contributed by atoms with Gasteiger partial charge in [0.2, 0.25) is 0 Å². The Morgan fingerprint density at radius 3 is 3.00 bits per heavy atom. The lowest BCUT2D eigenvalue weighted by molar-refractivity contribution is 0.0952. The molecule has 1 amide bonds. The Morgan fingerprint density at radius 1 is 1.56 bits per heavy atom. The first-order chi connectivity index (χ1) is 7.66. The van der Waals surface area contributed by atoms with Gasteiger partial charge in [-0.25, -0.2) is 0 Å². The zero-order valence-electron chi connectivity index (χ0n) is 9.09. The van der Waals surface area contributed by atoms with Crippen LogP contribution in [0.1, 0.15) is 28.8 Å². The van der Waals surface area contributed by atoms with Crippen LogP contribution < -0.4 is 5.32 Å². The number of benzene rings is 1. The van der Waals surface area contributed by atoms with Gasteiger partial charge in [0.1, 0.15) is 0 Å². The normalized spacial score (nSPS) is 9.56. The van der Waals surface area contributed by atoms with E-state index in [1.54, 1.807) is 0 Å². The molecule has 4 heteroatoms. The molecule has 0 aliphatic rings. The van der Waals surface area contributed by atoms with E-state index < -0.39 is 0 Å². The van der Waals surface area contributed by atoms with Crippen molar-refractivity contribution in [2.45, 2.75) is 19.8 Å². The minimum absolute atomic E-state index is 0.0639. The molecule has 0 spiro atoms. The van der Waals surface area contributed by atoms with E-state index in [0.29, 0.717) is 24.9 Å². The van der Waals surface area contributed by atoms with Gasteiger partial charge < -0.3 is 5.32 Å². The molecule has 0 saturated heterocycles. The van der Waals surface area contributed by atoms with E-state index in [1.807, 2.05) is 31.2 Å². The highest BCUT2D eigenvalue weighted by atomic mass is 127. The SMILES string of the molecule is Cc1cccc(C(=O)NCCCC#N)c1I. The number of aryl methyl sites for hydroxylation is 1.